The summed E-state index contributed by atoms with van der Waals surface area (Å²) >= 11 is 5.98. The maximum atomic E-state index is 13.4. The minimum Gasteiger partial charge on any atom is -0.390 e. The molecule has 6 nitrogen and oxygen atoms in total. The number of hydrogen-bond acceptors (Lipinski definition) is 5. The normalized spacial score (nSPS) is 21.5. The lowest BCUT2D eigenvalue weighted by Gasteiger charge is -2.25. The van der Waals surface area contributed by atoms with Gasteiger partial charge in [0.25, 0.3) is 5.91 Å². The third-order valence-electron chi connectivity index (χ3n) is 4.79. The van der Waals surface area contributed by atoms with Crippen molar-refractivity contribution in [3.63, 3.8) is 0 Å². The minimum atomic E-state index is -3.81. The van der Waals surface area contributed by atoms with Crippen molar-refractivity contribution in [2.75, 3.05) is 4.90 Å². The van der Waals surface area contributed by atoms with Gasteiger partial charge in [-0.1, -0.05) is 29.8 Å². The second kappa shape index (κ2) is 7.78. The molecule has 3 heterocycles. The monoisotopic (exact) mass is 431 g/mol. The van der Waals surface area contributed by atoms with Crippen molar-refractivity contribution in [3.05, 3.63) is 64.8 Å². The number of benzene rings is 1. The lowest BCUT2D eigenvalue weighted by molar-refractivity contribution is -0.120. The Morgan fingerprint density at radius 3 is 2.80 bits per heavy atom. The van der Waals surface area contributed by atoms with Crippen LogP contribution in [0.4, 0.5) is 5.82 Å². The third-order valence-corrected chi connectivity index (χ3v) is 5.00. The number of hydrogen-bond donors (Lipinski definition) is 1. The molecule has 0 radical (unpaired) electrons. The summed E-state index contributed by atoms with van der Waals surface area (Å²) in [5, 5.41) is 11.5. The van der Waals surface area contributed by atoms with E-state index in [4.69, 9.17) is 22.6 Å². The summed E-state index contributed by atoms with van der Waals surface area (Å²) in [6.45, 7) is -7.32. The molecule has 1 aromatic carbocycles. The molecule has 0 saturated carbocycles. The molecule has 0 spiro atoms. The van der Waals surface area contributed by atoms with Gasteiger partial charge in [-0.25, -0.2) is 9.97 Å². The number of aliphatic hydroxyl groups is 1. The van der Waals surface area contributed by atoms with Gasteiger partial charge in [-0.15, -0.1) is 0 Å². The van der Waals surface area contributed by atoms with E-state index in [0.29, 0.717) is 10.9 Å². The number of amides is 1. The van der Waals surface area contributed by atoms with Gasteiger partial charge in [0.1, 0.15) is 16.8 Å². The van der Waals surface area contributed by atoms with Gasteiger partial charge >= 0.3 is 0 Å². The van der Waals surface area contributed by atoms with Gasteiger partial charge in [0.15, 0.2) is 5.65 Å². The van der Waals surface area contributed by atoms with Crippen molar-refractivity contribution in [2.24, 2.45) is 0 Å². The Kier molecular flexibility index (Phi) is 3.31. The van der Waals surface area contributed by atoms with Crippen LogP contribution in [0.15, 0.2) is 48.5 Å². The van der Waals surface area contributed by atoms with E-state index in [0.717, 1.165) is 0 Å². The molecule has 0 unspecified atom stereocenters. The Labute approximate surface area is 190 Å². The van der Waals surface area contributed by atoms with Crippen LogP contribution in [-0.2, 0) is 4.79 Å². The highest BCUT2D eigenvalue weighted by molar-refractivity contribution is 6.29. The minimum absolute atomic E-state index is 0.149. The van der Waals surface area contributed by atoms with Crippen molar-refractivity contribution >= 4 is 40.1 Å². The first-order chi connectivity index (χ1) is 17.5. The fraction of sp³-hybridized carbons (Fsp3) is 0.304. The molecule has 154 valence electrons. The van der Waals surface area contributed by atoms with E-state index in [1.54, 1.807) is 48.5 Å². The molecule has 0 fully saturated rings. The smallest absolute Gasteiger partial charge is 0.260 e. The summed E-state index contributed by atoms with van der Waals surface area (Å²) in [6, 6.07) is 12.0. The molecule has 4 rings (SSSR count). The molecule has 3 aromatic rings. The number of anilines is 1. The SMILES string of the molecule is [2H]C([2H])([2H])C(O)(C([2H])([2H])[2H])C([2H])([2H])CC(=O)C[C@H]1c2ccccc2C(=O)N1c1ccc2ccc(Cl)nc2n1. The van der Waals surface area contributed by atoms with Crippen LogP contribution in [0.5, 0.6) is 0 Å². The Morgan fingerprint density at radius 2 is 2.00 bits per heavy atom. The van der Waals surface area contributed by atoms with E-state index in [-0.39, 0.29) is 22.2 Å². The lowest BCUT2D eigenvalue weighted by atomic mass is 9.95. The number of ketones is 1. The molecule has 30 heavy (non-hydrogen) atoms. The Bertz CT molecular complexity index is 1410. The summed E-state index contributed by atoms with van der Waals surface area (Å²) < 4.78 is 61.4. The fourth-order valence-electron chi connectivity index (χ4n) is 3.47. The highest BCUT2D eigenvalue weighted by atomic mass is 35.5. The highest BCUT2D eigenvalue weighted by Gasteiger charge is 2.39. The first kappa shape index (κ1) is 12.8. The zero-order chi connectivity index (χ0) is 28.3. The van der Waals surface area contributed by atoms with E-state index >= 15 is 0 Å². The average molecular weight is 432 g/mol. The van der Waals surface area contributed by atoms with E-state index in [2.05, 4.69) is 9.97 Å². The van der Waals surface area contributed by atoms with E-state index in [1.807, 2.05) is 0 Å². The number of rotatable bonds is 6. The van der Waals surface area contributed by atoms with Gasteiger partial charge in [0, 0.05) is 34.8 Å². The van der Waals surface area contributed by atoms with Gasteiger partial charge in [-0.2, -0.15) is 0 Å². The summed E-state index contributed by atoms with van der Waals surface area (Å²) in [4.78, 5) is 36.4. The van der Waals surface area contributed by atoms with Crippen LogP contribution in [-0.4, -0.2) is 32.4 Å². The van der Waals surface area contributed by atoms with Crippen LogP contribution in [0.1, 0.15) is 65.8 Å². The highest BCUT2D eigenvalue weighted by Crippen LogP contribution is 2.39. The van der Waals surface area contributed by atoms with Crippen LogP contribution in [0.3, 0.4) is 0 Å². The Hall–Kier alpha value is -2.83. The molecule has 2 aromatic heterocycles. The molecule has 1 atom stereocenters. The molecular weight excluding hydrogens is 402 g/mol. The summed E-state index contributed by atoms with van der Waals surface area (Å²) in [5.74, 6) is -1.23. The predicted octanol–water partition coefficient (Wildman–Crippen LogP) is 4.50. The lowest BCUT2D eigenvalue weighted by Crippen LogP contribution is -2.30. The summed E-state index contributed by atoms with van der Waals surface area (Å²) in [7, 11) is 0. The van der Waals surface area contributed by atoms with Gasteiger partial charge in [-0.3, -0.25) is 14.5 Å². The number of aromatic nitrogens is 2. The predicted molar refractivity (Wildman–Crippen MR) is 116 cm³/mol. The molecule has 0 saturated heterocycles. The van der Waals surface area contributed by atoms with Gasteiger partial charge in [0.05, 0.1) is 11.6 Å². The molecule has 0 aliphatic carbocycles. The second-order valence-corrected chi connectivity index (χ2v) is 7.32. The quantitative estimate of drug-likeness (QED) is 0.581. The maximum absolute atomic E-state index is 13.4. The van der Waals surface area contributed by atoms with Crippen LogP contribution in [0.2, 0.25) is 5.15 Å². The van der Waals surface area contributed by atoms with E-state index in [9.17, 15) is 14.7 Å². The zero-order valence-corrected chi connectivity index (χ0v) is 16.3. The fourth-order valence-corrected chi connectivity index (χ4v) is 3.62. The standard InChI is InChI=1S/C23H22ClN3O3/c1-23(2,30)12-11-15(28)13-18-16-5-3-4-6-17(16)22(29)27(18)20-10-8-14-7-9-19(24)25-21(14)26-20/h3-10,18,30H,11-13H2,1-2H3/t18-/m0/s1/i1D3,2D3,12D2. The number of Topliss-reactive ketones (excluding diaryl/α,β-unsaturated/α-hetero) is 1. The topological polar surface area (TPSA) is 83.4 Å². The number of fused-ring (bicyclic) bond motifs is 2. The Morgan fingerprint density at radius 1 is 1.23 bits per heavy atom. The molecule has 7 heteroatoms. The average Bonchev–Trinajstić information content (AvgIpc) is 3.07. The number of carbonyl (C=O) groups excluding carboxylic acids is 2. The number of halogens is 1. The molecule has 1 N–H and O–H groups in total. The number of carbonyl (C=O) groups is 2. The van der Waals surface area contributed by atoms with Gasteiger partial charge < -0.3 is 5.11 Å². The molecule has 0 bridgehead atoms. The van der Waals surface area contributed by atoms with E-state index < -0.39 is 56.3 Å². The summed E-state index contributed by atoms with van der Waals surface area (Å²) in [6.07, 6.45) is -5.07. The van der Waals surface area contributed by atoms with Crippen LogP contribution < -0.4 is 4.90 Å². The first-order valence-electron chi connectivity index (χ1n) is 13.1. The van der Waals surface area contributed by atoms with Crippen molar-refractivity contribution in [1.29, 1.82) is 0 Å². The molecular formula is C23H22ClN3O3. The zero-order valence-electron chi connectivity index (χ0n) is 23.6. The molecule has 1 amide bonds. The first-order valence-corrected chi connectivity index (χ1v) is 9.45. The number of nitrogens with zero attached hydrogens (tertiary/aromatic N) is 3. The number of pyridine rings is 2. The van der Waals surface area contributed by atoms with Crippen LogP contribution in [0.25, 0.3) is 11.0 Å². The van der Waals surface area contributed by atoms with Crippen molar-refractivity contribution in [1.82, 2.24) is 9.97 Å². The van der Waals surface area contributed by atoms with Crippen molar-refractivity contribution in [2.45, 2.75) is 44.6 Å². The van der Waals surface area contributed by atoms with Crippen molar-refractivity contribution in [3.8, 4) is 0 Å². The molecule has 1 aliphatic rings. The van der Waals surface area contributed by atoms with Crippen LogP contribution >= 0.6 is 11.6 Å². The van der Waals surface area contributed by atoms with Crippen LogP contribution in [0, 0.1) is 0 Å². The third kappa shape index (κ3) is 4.06. The Balaban J connectivity index is 1.71. The molecule has 1 aliphatic heterocycles. The maximum Gasteiger partial charge on any atom is 0.260 e. The van der Waals surface area contributed by atoms with Gasteiger partial charge in [-0.05, 0) is 56.0 Å². The summed E-state index contributed by atoms with van der Waals surface area (Å²) in [5.41, 5.74) is -2.82. The largest absolute Gasteiger partial charge is 0.390 e. The van der Waals surface area contributed by atoms with Gasteiger partial charge in [0.2, 0.25) is 0 Å². The van der Waals surface area contributed by atoms with E-state index in [1.165, 1.54) is 4.90 Å². The second-order valence-electron chi connectivity index (χ2n) is 6.94. The van der Waals surface area contributed by atoms with Crippen molar-refractivity contribution < 1.29 is 25.7 Å².